The Morgan fingerprint density at radius 1 is 0.931 bits per heavy atom. The molecule has 0 atom stereocenters. The van der Waals surface area contributed by atoms with Crippen LogP contribution in [0, 0.1) is 0 Å². The Bertz CT molecular complexity index is 1240. The van der Waals surface area contributed by atoms with E-state index in [-0.39, 0.29) is 10.8 Å². The number of nitrogens with one attached hydrogen (secondary N) is 2. The van der Waals surface area contributed by atoms with Crippen molar-refractivity contribution in [3.63, 3.8) is 0 Å². The third-order valence-corrected chi connectivity index (χ3v) is 5.68. The van der Waals surface area contributed by atoms with Crippen molar-refractivity contribution in [3.05, 3.63) is 79.1 Å². The van der Waals surface area contributed by atoms with Gasteiger partial charge in [0.1, 0.15) is 5.65 Å². The van der Waals surface area contributed by atoms with E-state index in [1.165, 1.54) is 19.1 Å². The number of pyridine rings is 1. The number of aromatic nitrogens is 2. The van der Waals surface area contributed by atoms with E-state index in [1.807, 2.05) is 47.1 Å². The van der Waals surface area contributed by atoms with Gasteiger partial charge in [0.05, 0.1) is 10.6 Å². The van der Waals surface area contributed by atoms with Crippen molar-refractivity contribution in [2.75, 3.05) is 10.0 Å². The van der Waals surface area contributed by atoms with Crippen LogP contribution in [0.5, 0.6) is 0 Å². The number of imidazole rings is 1. The molecule has 0 fully saturated rings. The van der Waals surface area contributed by atoms with Gasteiger partial charge in [-0.05, 0) is 48.5 Å². The van der Waals surface area contributed by atoms with Gasteiger partial charge < -0.3 is 9.72 Å². The molecule has 2 N–H and O–H groups in total. The minimum atomic E-state index is -3.74. The highest BCUT2D eigenvalue weighted by atomic mass is 32.2. The Labute approximate surface area is 168 Å². The number of carbonyl (C=O) groups excluding carboxylic acids is 1. The van der Waals surface area contributed by atoms with Crippen molar-refractivity contribution in [1.29, 1.82) is 0 Å². The molecular formula is C21H18N4O3S. The molecule has 8 heteroatoms. The summed E-state index contributed by atoms with van der Waals surface area (Å²) in [7, 11) is -3.74. The first kappa shape index (κ1) is 18.7. The number of hydrogen-bond acceptors (Lipinski definition) is 4. The van der Waals surface area contributed by atoms with E-state index >= 15 is 0 Å². The van der Waals surface area contributed by atoms with E-state index in [4.69, 9.17) is 0 Å². The molecule has 2 aromatic carbocycles. The van der Waals surface area contributed by atoms with Gasteiger partial charge in [0, 0.05) is 36.3 Å². The van der Waals surface area contributed by atoms with Crippen LogP contribution in [0.3, 0.4) is 0 Å². The van der Waals surface area contributed by atoms with Gasteiger partial charge in [0.25, 0.3) is 10.0 Å². The monoisotopic (exact) mass is 406 g/mol. The van der Waals surface area contributed by atoms with Crippen molar-refractivity contribution in [1.82, 2.24) is 9.38 Å². The molecule has 2 aromatic heterocycles. The van der Waals surface area contributed by atoms with Crippen molar-refractivity contribution in [2.45, 2.75) is 11.8 Å². The van der Waals surface area contributed by atoms with Crippen LogP contribution in [0.15, 0.2) is 84.0 Å². The third-order valence-electron chi connectivity index (χ3n) is 4.28. The molecule has 4 rings (SSSR count). The maximum Gasteiger partial charge on any atom is 0.261 e. The molecule has 146 valence electrons. The number of fused-ring (bicyclic) bond motifs is 1. The first-order valence-electron chi connectivity index (χ1n) is 8.85. The Balaban J connectivity index is 1.52. The molecule has 0 radical (unpaired) electrons. The van der Waals surface area contributed by atoms with Crippen LogP contribution in [0.25, 0.3) is 16.9 Å². The summed E-state index contributed by atoms with van der Waals surface area (Å²) in [4.78, 5) is 15.7. The topological polar surface area (TPSA) is 92.6 Å². The second-order valence-electron chi connectivity index (χ2n) is 6.48. The second-order valence-corrected chi connectivity index (χ2v) is 8.16. The van der Waals surface area contributed by atoms with Crippen LogP contribution in [-0.2, 0) is 14.8 Å². The number of hydrogen-bond donors (Lipinski definition) is 2. The molecule has 2 heterocycles. The fourth-order valence-corrected chi connectivity index (χ4v) is 3.98. The predicted octanol–water partition coefficient (Wildman–Crippen LogP) is 3.76. The molecule has 0 saturated heterocycles. The predicted molar refractivity (Wildman–Crippen MR) is 112 cm³/mol. The lowest BCUT2D eigenvalue weighted by Gasteiger charge is -2.09. The number of carbonyl (C=O) groups is 1. The number of sulfonamides is 1. The molecule has 1 amide bonds. The molecular weight excluding hydrogens is 388 g/mol. The van der Waals surface area contributed by atoms with Gasteiger partial charge in [-0.3, -0.25) is 9.52 Å². The van der Waals surface area contributed by atoms with Gasteiger partial charge in [0.2, 0.25) is 5.91 Å². The highest BCUT2D eigenvalue weighted by molar-refractivity contribution is 7.92. The minimum absolute atomic E-state index is 0.107. The molecule has 0 spiro atoms. The zero-order valence-electron chi connectivity index (χ0n) is 15.5. The average Bonchev–Trinajstić information content (AvgIpc) is 3.12. The Kier molecular flexibility index (Phi) is 4.77. The van der Waals surface area contributed by atoms with E-state index in [2.05, 4.69) is 15.0 Å². The summed E-state index contributed by atoms with van der Waals surface area (Å²) >= 11 is 0. The van der Waals surface area contributed by atoms with Crippen molar-refractivity contribution >= 4 is 33.0 Å². The van der Waals surface area contributed by atoms with Crippen LogP contribution in [0.4, 0.5) is 11.4 Å². The zero-order chi connectivity index (χ0) is 20.4. The summed E-state index contributed by atoms with van der Waals surface area (Å²) in [5, 5.41) is 2.60. The molecule has 29 heavy (non-hydrogen) atoms. The maximum absolute atomic E-state index is 12.6. The summed E-state index contributed by atoms with van der Waals surface area (Å²) in [5.74, 6) is -0.218. The van der Waals surface area contributed by atoms with Crippen LogP contribution < -0.4 is 10.0 Å². The Morgan fingerprint density at radius 3 is 2.28 bits per heavy atom. The maximum atomic E-state index is 12.6. The highest BCUT2D eigenvalue weighted by Gasteiger charge is 2.14. The van der Waals surface area contributed by atoms with Gasteiger partial charge >= 0.3 is 0 Å². The van der Waals surface area contributed by atoms with Crippen LogP contribution in [-0.4, -0.2) is 23.7 Å². The van der Waals surface area contributed by atoms with Crippen molar-refractivity contribution in [2.24, 2.45) is 0 Å². The lowest BCUT2D eigenvalue weighted by Crippen LogP contribution is -2.13. The molecule has 0 saturated carbocycles. The van der Waals surface area contributed by atoms with Crippen LogP contribution in [0.1, 0.15) is 6.92 Å². The molecule has 0 aliphatic carbocycles. The van der Waals surface area contributed by atoms with Gasteiger partial charge in [-0.2, -0.15) is 0 Å². The van der Waals surface area contributed by atoms with Crippen molar-refractivity contribution < 1.29 is 13.2 Å². The zero-order valence-corrected chi connectivity index (χ0v) is 16.3. The fourth-order valence-electron chi connectivity index (χ4n) is 2.92. The van der Waals surface area contributed by atoms with Gasteiger partial charge in [0.15, 0.2) is 0 Å². The summed E-state index contributed by atoms with van der Waals surface area (Å²) < 4.78 is 29.7. The molecule has 0 bridgehead atoms. The molecule has 4 aromatic rings. The normalized spacial score (nSPS) is 11.3. The largest absolute Gasteiger partial charge is 0.326 e. The van der Waals surface area contributed by atoms with E-state index in [9.17, 15) is 13.2 Å². The number of benzene rings is 2. The van der Waals surface area contributed by atoms with Gasteiger partial charge in [-0.1, -0.05) is 18.2 Å². The SMILES string of the molecule is CC(=O)Nc1ccc(S(=O)(=O)Nc2ccc(-c3cn4ccccc4n3)cc2)cc1. The number of anilines is 2. The summed E-state index contributed by atoms with van der Waals surface area (Å²) in [6.45, 7) is 1.39. The fraction of sp³-hybridized carbons (Fsp3) is 0.0476. The van der Waals surface area contributed by atoms with E-state index in [0.29, 0.717) is 11.4 Å². The first-order valence-corrected chi connectivity index (χ1v) is 10.3. The smallest absolute Gasteiger partial charge is 0.261 e. The average molecular weight is 406 g/mol. The Morgan fingerprint density at radius 2 is 1.62 bits per heavy atom. The van der Waals surface area contributed by atoms with E-state index in [1.54, 1.807) is 24.3 Å². The molecule has 0 aliphatic rings. The quantitative estimate of drug-likeness (QED) is 0.528. The molecule has 0 unspecified atom stereocenters. The number of rotatable bonds is 5. The van der Waals surface area contributed by atoms with Gasteiger partial charge in [-0.15, -0.1) is 0 Å². The number of amides is 1. The highest BCUT2D eigenvalue weighted by Crippen LogP contribution is 2.23. The molecule has 7 nitrogen and oxygen atoms in total. The summed E-state index contributed by atoms with van der Waals surface area (Å²) in [6.07, 6.45) is 3.84. The number of nitrogens with zero attached hydrogens (tertiary/aromatic N) is 2. The van der Waals surface area contributed by atoms with Crippen molar-refractivity contribution in [3.8, 4) is 11.3 Å². The molecule has 0 aliphatic heterocycles. The third kappa shape index (κ3) is 4.12. The standard InChI is InChI=1S/C21H18N4O3S/c1-15(26)22-17-9-11-19(12-10-17)29(27,28)24-18-7-5-16(6-8-18)20-14-25-13-3-2-4-21(25)23-20/h2-14,24H,1H3,(H,22,26). The van der Waals surface area contributed by atoms with E-state index in [0.717, 1.165) is 16.9 Å². The van der Waals surface area contributed by atoms with Gasteiger partial charge in [-0.25, -0.2) is 13.4 Å². The van der Waals surface area contributed by atoms with Crippen LogP contribution >= 0.6 is 0 Å². The lowest BCUT2D eigenvalue weighted by atomic mass is 10.1. The van der Waals surface area contributed by atoms with Crippen LogP contribution in [0.2, 0.25) is 0 Å². The summed E-state index contributed by atoms with van der Waals surface area (Å²) in [5.41, 5.74) is 3.52. The second kappa shape index (κ2) is 7.40. The first-order chi connectivity index (χ1) is 13.9. The lowest BCUT2D eigenvalue weighted by molar-refractivity contribution is -0.114. The Hall–Kier alpha value is -3.65. The summed E-state index contributed by atoms with van der Waals surface area (Å²) in [6, 6.07) is 18.8. The minimum Gasteiger partial charge on any atom is -0.326 e. The van der Waals surface area contributed by atoms with E-state index < -0.39 is 10.0 Å².